The number of hydrogen-bond acceptors (Lipinski definition) is 5. The van der Waals surface area contributed by atoms with Crippen LogP contribution in [0.2, 0.25) is 0 Å². The molecule has 4 nitrogen and oxygen atoms in total. The van der Waals surface area contributed by atoms with Crippen LogP contribution in [0.3, 0.4) is 0 Å². The van der Waals surface area contributed by atoms with Gasteiger partial charge in [-0.15, -0.1) is 0 Å². The zero-order valence-corrected chi connectivity index (χ0v) is 12.0. The molecule has 2 N–H and O–H groups in total. The quantitative estimate of drug-likeness (QED) is 0.854. The molecule has 0 spiro atoms. The molecule has 1 aromatic heterocycles. The monoisotopic (exact) mass is 276 g/mol. The number of aromatic nitrogens is 1. The molecule has 0 saturated carbocycles. The fourth-order valence-electron chi connectivity index (χ4n) is 1.57. The largest absolute Gasteiger partial charge is 0.456 e. The summed E-state index contributed by atoms with van der Waals surface area (Å²) in [4.78, 5) is 12.3. The Hall–Kier alpha value is -1.88. The molecule has 1 heterocycles. The van der Waals surface area contributed by atoms with Crippen molar-refractivity contribution in [2.24, 2.45) is 0 Å². The van der Waals surface area contributed by atoms with Crippen LogP contribution in [0.15, 0.2) is 30.3 Å². The minimum absolute atomic E-state index is 0.355. The van der Waals surface area contributed by atoms with Gasteiger partial charge in [-0.25, -0.2) is 4.79 Å². The summed E-state index contributed by atoms with van der Waals surface area (Å²) in [5.74, 6) is -0.426. The van der Waals surface area contributed by atoms with Crippen molar-refractivity contribution in [2.75, 3.05) is 5.73 Å². The number of benzene rings is 1. The molecule has 19 heavy (non-hydrogen) atoms. The molecular formula is C14H16N2O2S. The summed E-state index contributed by atoms with van der Waals surface area (Å²) < 4.78 is 9.56. The summed E-state index contributed by atoms with van der Waals surface area (Å²) in [6.07, 6.45) is 0. The van der Waals surface area contributed by atoms with Gasteiger partial charge in [-0.2, -0.15) is 4.37 Å². The van der Waals surface area contributed by atoms with Crippen molar-refractivity contribution in [3.05, 3.63) is 35.2 Å². The van der Waals surface area contributed by atoms with Gasteiger partial charge in [0.15, 0.2) is 4.88 Å². The molecule has 0 saturated heterocycles. The Kier molecular flexibility index (Phi) is 3.57. The lowest BCUT2D eigenvalue weighted by Crippen LogP contribution is -2.23. The predicted molar refractivity (Wildman–Crippen MR) is 77.1 cm³/mol. The Balaban J connectivity index is 2.31. The van der Waals surface area contributed by atoms with Crippen LogP contribution in [0.5, 0.6) is 0 Å². The van der Waals surface area contributed by atoms with Crippen LogP contribution < -0.4 is 5.73 Å². The molecule has 0 radical (unpaired) electrons. The van der Waals surface area contributed by atoms with Crippen LogP contribution in [0.25, 0.3) is 11.3 Å². The van der Waals surface area contributed by atoms with Crippen LogP contribution in [0.4, 0.5) is 5.69 Å². The van der Waals surface area contributed by atoms with E-state index in [1.807, 2.05) is 51.1 Å². The SMILES string of the molecule is CC(C)(C)OC(=O)c1snc(-c2ccccc2)c1N. The Morgan fingerprint density at radius 3 is 2.47 bits per heavy atom. The zero-order chi connectivity index (χ0) is 14.0. The fraction of sp³-hybridized carbons (Fsp3) is 0.286. The number of esters is 1. The minimum atomic E-state index is -0.541. The molecule has 100 valence electrons. The predicted octanol–water partition coefficient (Wildman–Crippen LogP) is 3.35. The number of hydrogen-bond donors (Lipinski definition) is 1. The van der Waals surface area contributed by atoms with Crippen LogP contribution >= 0.6 is 11.5 Å². The maximum atomic E-state index is 12.0. The fourth-order valence-corrected chi connectivity index (χ4v) is 2.27. The van der Waals surface area contributed by atoms with E-state index in [2.05, 4.69) is 4.37 Å². The van der Waals surface area contributed by atoms with Gasteiger partial charge >= 0.3 is 5.97 Å². The molecule has 0 amide bonds. The molecular weight excluding hydrogens is 260 g/mol. The van der Waals surface area contributed by atoms with E-state index in [1.54, 1.807) is 0 Å². The van der Waals surface area contributed by atoms with Gasteiger partial charge in [-0.05, 0) is 32.3 Å². The van der Waals surface area contributed by atoms with Crippen molar-refractivity contribution in [3.8, 4) is 11.3 Å². The average molecular weight is 276 g/mol. The molecule has 0 aliphatic carbocycles. The van der Waals surface area contributed by atoms with E-state index < -0.39 is 11.6 Å². The lowest BCUT2D eigenvalue weighted by Gasteiger charge is -2.18. The Morgan fingerprint density at radius 2 is 1.89 bits per heavy atom. The van der Waals surface area contributed by atoms with E-state index in [1.165, 1.54) is 0 Å². The van der Waals surface area contributed by atoms with Crippen molar-refractivity contribution in [1.82, 2.24) is 4.37 Å². The van der Waals surface area contributed by atoms with Gasteiger partial charge < -0.3 is 10.5 Å². The van der Waals surface area contributed by atoms with Crippen LogP contribution in [0.1, 0.15) is 30.4 Å². The van der Waals surface area contributed by atoms with Crippen molar-refractivity contribution in [2.45, 2.75) is 26.4 Å². The van der Waals surface area contributed by atoms with Gasteiger partial charge in [0.1, 0.15) is 11.3 Å². The average Bonchev–Trinajstić information content (AvgIpc) is 2.70. The van der Waals surface area contributed by atoms with Crippen molar-refractivity contribution < 1.29 is 9.53 Å². The third-order valence-electron chi connectivity index (χ3n) is 2.36. The highest BCUT2D eigenvalue weighted by Crippen LogP contribution is 2.31. The first-order valence-corrected chi connectivity index (χ1v) is 6.70. The van der Waals surface area contributed by atoms with E-state index >= 15 is 0 Å². The van der Waals surface area contributed by atoms with Gasteiger partial charge in [0.2, 0.25) is 0 Å². The summed E-state index contributed by atoms with van der Waals surface area (Å²) in [5, 5.41) is 0. The number of anilines is 1. The number of carbonyl (C=O) groups excluding carboxylic acids is 1. The summed E-state index contributed by atoms with van der Waals surface area (Å²) >= 11 is 1.07. The lowest BCUT2D eigenvalue weighted by atomic mass is 10.1. The second-order valence-electron chi connectivity index (χ2n) is 5.14. The van der Waals surface area contributed by atoms with Crippen LogP contribution in [-0.2, 0) is 4.74 Å². The molecule has 2 rings (SSSR count). The van der Waals surface area contributed by atoms with Crippen LogP contribution in [-0.4, -0.2) is 15.9 Å². The smallest absolute Gasteiger partial charge is 0.352 e. The van der Waals surface area contributed by atoms with E-state index in [4.69, 9.17) is 10.5 Å². The minimum Gasteiger partial charge on any atom is -0.456 e. The van der Waals surface area contributed by atoms with E-state index in [0.717, 1.165) is 17.1 Å². The summed E-state index contributed by atoms with van der Waals surface area (Å²) in [6, 6.07) is 9.54. The van der Waals surface area contributed by atoms with Crippen molar-refractivity contribution >= 4 is 23.2 Å². The maximum Gasteiger partial charge on any atom is 0.352 e. The molecule has 0 aliphatic heterocycles. The Bertz CT molecular complexity index is 585. The van der Waals surface area contributed by atoms with Crippen LogP contribution in [0, 0.1) is 0 Å². The van der Waals surface area contributed by atoms with Gasteiger partial charge in [0, 0.05) is 5.56 Å². The van der Waals surface area contributed by atoms with Gasteiger partial charge in [-0.1, -0.05) is 30.3 Å². The zero-order valence-electron chi connectivity index (χ0n) is 11.1. The van der Waals surface area contributed by atoms with Gasteiger partial charge in [0.25, 0.3) is 0 Å². The third-order valence-corrected chi connectivity index (χ3v) is 3.20. The van der Waals surface area contributed by atoms with Gasteiger partial charge in [-0.3, -0.25) is 0 Å². The molecule has 0 aliphatic rings. The standard InChI is InChI=1S/C14H16N2O2S/c1-14(2,3)18-13(17)12-10(15)11(16-19-12)9-7-5-4-6-8-9/h4-8H,15H2,1-3H3. The molecule has 2 aromatic rings. The molecule has 0 unspecified atom stereocenters. The summed E-state index contributed by atoms with van der Waals surface area (Å²) in [7, 11) is 0. The molecule has 5 heteroatoms. The highest BCUT2D eigenvalue weighted by Gasteiger charge is 2.24. The molecule has 1 aromatic carbocycles. The van der Waals surface area contributed by atoms with Crippen molar-refractivity contribution in [3.63, 3.8) is 0 Å². The van der Waals surface area contributed by atoms with Gasteiger partial charge in [0.05, 0.1) is 5.69 Å². The first kappa shape index (κ1) is 13.5. The molecule has 0 fully saturated rings. The highest BCUT2D eigenvalue weighted by atomic mass is 32.1. The Morgan fingerprint density at radius 1 is 1.26 bits per heavy atom. The van der Waals surface area contributed by atoms with Crippen molar-refractivity contribution in [1.29, 1.82) is 0 Å². The normalized spacial score (nSPS) is 11.3. The van der Waals surface area contributed by atoms with E-state index in [9.17, 15) is 4.79 Å². The third kappa shape index (κ3) is 3.12. The second kappa shape index (κ2) is 5.01. The second-order valence-corrected chi connectivity index (χ2v) is 5.92. The number of nitrogen functional groups attached to an aromatic ring is 1. The maximum absolute atomic E-state index is 12.0. The van der Waals surface area contributed by atoms with E-state index in [-0.39, 0.29) is 0 Å². The first-order valence-electron chi connectivity index (χ1n) is 5.92. The molecule has 0 atom stereocenters. The highest BCUT2D eigenvalue weighted by molar-refractivity contribution is 7.09. The molecule has 0 bridgehead atoms. The number of carbonyl (C=O) groups is 1. The lowest BCUT2D eigenvalue weighted by molar-refractivity contribution is 0.00764. The number of ether oxygens (including phenoxy) is 1. The topological polar surface area (TPSA) is 65.2 Å². The number of nitrogens with zero attached hydrogens (tertiary/aromatic N) is 1. The number of nitrogens with two attached hydrogens (primary N) is 1. The summed E-state index contributed by atoms with van der Waals surface area (Å²) in [5.41, 5.74) is 7.37. The Labute approximate surface area is 116 Å². The summed E-state index contributed by atoms with van der Waals surface area (Å²) in [6.45, 7) is 5.46. The first-order chi connectivity index (χ1) is 8.88. The van der Waals surface area contributed by atoms with E-state index in [0.29, 0.717) is 16.3 Å². The number of rotatable bonds is 2.